The predicted octanol–water partition coefficient (Wildman–Crippen LogP) is 1.01. The lowest BCUT2D eigenvalue weighted by Crippen LogP contribution is -2.52. The second-order valence-electron chi connectivity index (χ2n) is 5.11. The average molecular weight is 240 g/mol. The zero-order valence-electron chi connectivity index (χ0n) is 10.8. The van der Waals surface area contributed by atoms with E-state index in [0.717, 1.165) is 45.0 Å². The number of carbonyl (C=O) groups is 1. The van der Waals surface area contributed by atoms with E-state index in [1.54, 1.807) is 0 Å². The van der Waals surface area contributed by atoms with Gasteiger partial charge in [0.15, 0.2) is 0 Å². The molecule has 2 aliphatic heterocycles. The minimum Gasteiger partial charge on any atom is -0.378 e. The van der Waals surface area contributed by atoms with E-state index in [1.807, 2.05) is 4.90 Å². The van der Waals surface area contributed by atoms with Crippen LogP contribution in [0.2, 0.25) is 0 Å². The van der Waals surface area contributed by atoms with Crippen molar-refractivity contribution in [3.8, 4) is 0 Å². The molecule has 4 heteroatoms. The Morgan fingerprint density at radius 3 is 3.00 bits per heavy atom. The van der Waals surface area contributed by atoms with Crippen molar-refractivity contribution < 1.29 is 9.53 Å². The summed E-state index contributed by atoms with van der Waals surface area (Å²) in [6.45, 7) is 6.15. The van der Waals surface area contributed by atoms with Gasteiger partial charge >= 0.3 is 0 Å². The zero-order chi connectivity index (χ0) is 12.1. The Morgan fingerprint density at radius 1 is 1.41 bits per heavy atom. The molecule has 0 radical (unpaired) electrons. The molecule has 1 amide bonds. The molecule has 1 N–H and O–H groups in total. The highest BCUT2D eigenvalue weighted by atomic mass is 16.5. The Balaban J connectivity index is 1.85. The second-order valence-corrected chi connectivity index (χ2v) is 5.11. The van der Waals surface area contributed by atoms with Crippen LogP contribution in [0.15, 0.2) is 0 Å². The molecule has 2 saturated heterocycles. The molecule has 2 unspecified atom stereocenters. The van der Waals surface area contributed by atoms with Gasteiger partial charge in [0.1, 0.15) is 6.04 Å². The van der Waals surface area contributed by atoms with E-state index in [9.17, 15) is 4.79 Å². The summed E-state index contributed by atoms with van der Waals surface area (Å²) in [5.41, 5.74) is 0. The summed E-state index contributed by atoms with van der Waals surface area (Å²) >= 11 is 0. The molecule has 0 spiro atoms. The van der Waals surface area contributed by atoms with Crippen molar-refractivity contribution in [1.29, 1.82) is 0 Å². The first-order valence-electron chi connectivity index (χ1n) is 6.91. The fourth-order valence-electron chi connectivity index (χ4n) is 2.74. The first kappa shape index (κ1) is 12.8. The van der Waals surface area contributed by atoms with Gasteiger partial charge in [-0.15, -0.1) is 0 Å². The smallest absolute Gasteiger partial charge is 0.242 e. The second kappa shape index (κ2) is 6.36. The van der Waals surface area contributed by atoms with Gasteiger partial charge < -0.3 is 15.0 Å². The minimum absolute atomic E-state index is 0.109. The van der Waals surface area contributed by atoms with Gasteiger partial charge in [0.25, 0.3) is 0 Å². The third-order valence-electron chi connectivity index (χ3n) is 3.96. The summed E-state index contributed by atoms with van der Waals surface area (Å²) in [5.74, 6) is 1.05. The van der Waals surface area contributed by atoms with Crippen LogP contribution >= 0.6 is 0 Å². The molecule has 0 aromatic heterocycles. The molecule has 0 aromatic rings. The van der Waals surface area contributed by atoms with E-state index >= 15 is 0 Å². The SMILES string of the molecule is CCC1CCCN(C(=O)C2COCCN2)CC1. The lowest BCUT2D eigenvalue weighted by molar-refractivity contribution is -0.136. The summed E-state index contributed by atoms with van der Waals surface area (Å²) in [5, 5.41) is 3.25. The van der Waals surface area contributed by atoms with Gasteiger partial charge in [0.05, 0.1) is 13.2 Å². The highest BCUT2D eigenvalue weighted by Crippen LogP contribution is 2.20. The van der Waals surface area contributed by atoms with Crippen LogP contribution in [0.3, 0.4) is 0 Å². The van der Waals surface area contributed by atoms with Crippen molar-refractivity contribution in [2.45, 2.75) is 38.6 Å². The van der Waals surface area contributed by atoms with Crippen molar-refractivity contribution in [1.82, 2.24) is 10.2 Å². The summed E-state index contributed by atoms with van der Waals surface area (Å²) in [6.07, 6.45) is 4.83. The third kappa shape index (κ3) is 3.42. The van der Waals surface area contributed by atoms with Crippen molar-refractivity contribution in [2.75, 3.05) is 32.8 Å². The summed E-state index contributed by atoms with van der Waals surface area (Å²) in [6, 6.07) is -0.109. The quantitative estimate of drug-likeness (QED) is 0.783. The monoisotopic (exact) mass is 240 g/mol. The number of amides is 1. The van der Waals surface area contributed by atoms with Crippen LogP contribution in [-0.4, -0.2) is 49.7 Å². The fourth-order valence-corrected chi connectivity index (χ4v) is 2.74. The number of hydrogen-bond acceptors (Lipinski definition) is 3. The van der Waals surface area contributed by atoms with Crippen LogP contribution in [-0.2, 0) is 9.53 Å². The number of likely N-dealkylation sites (tertiary alicyclic amines) is 1. The molecule has 2 fully saturated rings. The number of carbonyl (C=O) groups excluding carboxylic acids is 1. The predicted molar refractivity (Wildman–Crippen MR) is 66.8 cm³/mol. The van der Waals surface area contributed by atoms with Gasteiger partial charge in [-0.1, -0.05) is 13.3 Å². The van der Waals surface area contributed by atoms with Crippen LogP contribution in [0.5, 0.6) is 0 Å². The van der Waals surface area contributed by atoms with Crippen LogP contribution in [0, 0.1) is 5.92 Å². The molecule has 2 atom stereocenters. The number of nitrogens with one attached hydrogen (secondary N) is 1. The fraction of sp³-hybridized carbons (Fsp3) is 0.923. The Kier molecular flexibility index (Phi) is 4.80. The van der Waals surface area contributed by atoms with Gasteiger partial charge in [-0.25, -0.2) is 0 Å². The molecule has 0 saturated carbocycles. The van der Waals surface area contributed by atoms with E-state index < -0.39 is 0 Å². The van der Waals surface area contributed by atoms with Gasteiger partial charge in [-0.3, -0.25) is 4.79 Å². The molecular weight excluding hydrogens is 216 g/mol. The van der Waals surface area contributed by atoms with E-state index in [0.29, 0.717) is 6.61 Å². The Morgan fingerprint density at radius 2 is 2.29 bits per heavy atom. The van der Waals surface area contributed by atoms with Gasteiger partial charge in [-0.2, -0.15) is 0 Å². The van der Waals surface area contributed by atoms with E-state index in [4.69, 9.17) is 4.74 Å². The number of nitrogens with zero attached hydrogens (tertiary/aromatic N) is 1. The molecule has 2 aliphatic rings. The summed E-state index contributed by atoms with van der Waals surface area (Å²) in [7, 11) is 0. The highest BCUT2D eigenvalue weighted by molar-refractivity contribution is 5.82. The number of ether oxygens (including phenoxy) is 1. The van der Waals surface area contributed by atoms with Crippen LogP contribution in [0.4, 0.5) is 0 Å². The van der Waals surface area contributed by atoms with E-state index in [2.05, 4.69) is 12.2 Å². The van der Waals surface area contributed by atoms with Crippen molar-refractivity contribution in [3.05, 3.63) is 0 Å². The molecule has 4 nitrogen and oxygen atoms in total. The Labute approximate surface area is 104 Å². The molecule has 2 heterocycles. The Bertz CT molecular complexity index is 252. The van der Waals surface area contributed by atoms with Crippen molar-refractivity contribution in [3.63, 3.8) is 0 Å². The lowest BCUT2D eigenvalue weighted by atomic mass is 9.98. The van der Waals surface area contributed by atoms with Crippen LogP contribution in [0.25, 0.3) is 0 Å². The molecule has 17 heavy (non-hydrogen) atoms. The maximum atomic E-state index is 12.3. The number of rotatable bonds is 2. The topological polar surface area (TPSA) is 41.6 Å². The van der Waals surface area contributed by atoms with Gasteiger partial charge in [-0.05, 0) is 25.2 Å². The van der Waals surface area contributed by atoms with Crippen LogP contribution in [0.1, 0.15) is 32.6 Å². The largest absolute Gasteiger partial charge is 0.378 e. The van der Waals surface area contributed by atoms with E-state index in [-0.39, 0.29) is 11.9 Å². The van der Waals surface area contributed by atoms with Crippen LogP contribution < -0.4 is 5.32 Å². The van der Waals surface area contributed by atoms with Gasteiger partial charge in [0.2, 0.25) is 5.91 Å². The zero-order valence-corrected chi connectivity index (χ0v) is 10.8. The lowest BCUT2D eigenvalue weighted by Gasteiger charge is -2.29. The maximum Gasteiger partial charge on any atom is 0.242 e. The average Bonchev–Trinajstić information content (AvgIpc) is 2.64. The first-order valence-corrected chi connectivity index (χ1v) is 6.91. The van der Waals surface area contributed by atoms with Gasteiger partial charge in [0, 0.05) is 19.6 Å². The molecule has 2 rings (SSSR count). The standard InChI is InChI=1S/C13H24N2O2/c1-2-11-4-3-7-15(8-5-11)13(16)12-10-17-9-6-14-12/h11-12,14H,2-10H2,1H3. The Hall–Kier alpha value is -0.610. The maximum absolute atomic E-state index is 12.3. The summed E-state index contributed by atoms with van der Waals surface area (Å²) < 4.78 is 5.36. The minimum atomic E-state index is -0.109. The normalized spacial score (nSPS) is 31.0. The molecule has 0 aliphatic carbocycles. The molecular formula is C13H24N2O2. The van der Waals surface area contributed by atoms with E-state index in [1.165, 1.54) is 12.8 Å². The third-order valence-corrected chi connectivity index (χ3v) is 3.96. The highest BCUT2D eigenvalue weighted by Gasteiger charge is 2.27. The number of morpholine rings is 1. The molecule has 0 aromatic carbocycles. The van der Waals surface area contributed by atoms with Crippen molar-refractivity contribution in [2.24, 2.45) is 5.92 Å². The summed E-state index contributed by atoms with van der Waals surface area (Å²) in [4.78, 5) is 14.3. The number of hydrogen-bond donors (Lipinski definition) is 1. The molecule has 0 bridgehead atoms. The van der Waals surface area contributed by atoms with Crippen molar-refractivity contribution >= 4 is 5.91 Å². The first-order chi connectivity index (χ1) is 8.31. The molecule has 98 valence electrons.